The zero-order chi connectivity index (χ0) is 52.4. The lowest BCUT2D eigenvalue weighted by Gasteiger charge is -2.50. The Morgan fingerprint density at radius 3 is 1.27 bits per heavy atom. The Labute approximate surface area is 413 Å². The van der Waals surface area contributed by atoms with Gasteiger partial charge in [-0.05, 0) is 112 Å². The number of aromatic hydroxyl groups is 2. The third kappa shape index (κ3) is 7.13. The van der Waals surface area contributed by atoms with E-state index in [0.29, 0.717) is 20.4 Å². The molecule has 8 atom stereocenters. The molecule has 2 aromatic carbocycles. The first-order chi connectivity index (χ1) is 32.4. The van der Waals surface area contributed by atoms with Gasteiger partial charge >= 0.3 is 0 Å². The van der Waals surface area contributed by atoms with E-state index in [0.717, 1.165) is 5.69 Å². The van der Waals surface area contributed by atoms with Crippen LogP contribution < -0.4 is 27.0 Å². The van der Waals surface area contributed by atoms with E-state index >= 15 is 0 Å². The second-order valence-electron chi connectivity index (χ2n) is 19.3. The number of anilines is 2. The van der Waals surface area contributed by atoms with E-state index < -0.39 is 128 Å². The molecule has 3 amide bonds. The zero-order valence-electron chi connectivity index (χ0n) is 39.3. The number of nitrogens with zero attached hydrogens (tertiary/aromatic N) is 4. The topological polar surface area (TPSA) is 372 Å². The summed E-state index contributed by atoms with van der Waals surface area (Å²) in [6, 6.07) is 0.891. The van der Waals surface area contributed by atoms with Crippen LogP contribution in [0.5, 0.6) is 11.5 Å². The first kappa shape index (κ1) is 51.3. The second-order valence-corrected chi connectivity index (χ2v) is 20.5. The highest BCUT2D eigenvalue weighted by molar-refractivity contribution is 14.1. The van der Waals surface area contributed by atoms with Gasteiger partial charge in [0.15, 0.2) is 22.8 Å². The summed E-state index contributed by atoms with van der Waals surface area (Å²) in [5.41, 5.74) is 10.4. The first-order valence-corrected chi connectivity index (χ1v) is 22.9. The van der Waals surface area contributed by atoms with Gasteiger partial charge < -0.3 is 67.9 Å². The van der Waals surface area contributed by atoms with E-state index in [2.05, 4.69) is 0 Å². The molecule has 0 radical (unpaired) electrons. The lowest BCUT2D eigenvalue weighted by molar-refractivity contribution is -0.155. The van der Waals surface area contributed by atoms with Crippen molar-refractivity contribution in [2.45, 2.75) is 49.0 Å². The molecule has 23 heteroatoms. The van der Waals surface area contributed by atoms with Crippen molar-refractivity contribution in [2.24, 2.45) is 40.9 Å². The van der Waals surface area contributed by atoms with Crippen LogP contribution in [0, 0.1) is 27.2 Å². The molecule has 70 heavy (non-hydrogen) atoms. The minimum absolute atomic E-state index is 0.0308. The highest BCUT2D eigenvalue weighted by atomic mass is 127. The summed E-state index contributed by atoms with van der Waals surface area (Å²) >= 11 is 1.92. The average Bonchev–Trinajstić information content (AvgIpc) is 3.24. The van der Waals surface area contributed by atoms with Crippen LogP contribution in [0.25, 0.3) is 11.5 Å². The smallest absolute Gasteiger partial charge is 0.255 e. The fraction of sp³-hybridized carbons (Fsp3) is 0.426. The lowest BCUT2D eigenvalue weighted by Crippen LogP contribution is -2.65. The number of ketones is 4. The number of carbonyl (C=O) groups excluding carboxylic acids is 7. The van der Waals surface area contributed by atoms with Crippen molar-refractivity contribution in [2.75, 3.05) is 66.2 Å². The van der Waals surface area contributed by atoms with Gasteiger partial charge in [-0.3, -0.25) is 43.4 Å². The van der Waals surface area contributed by atoms with Crippen molar-refractivity contribution in [3.8, 4) is 11.5 Å². The van der Waals surface area contributed by atoms with Crippen molar-refractivity contribution in [3.05, 3.63) is 77.3 Å². The third-order valence-electron chi connectivity index (χ3n) is 14.6. The van der Waals surface area contributed by atoms with Gasteiger partial charge in [-0.1, -0.05) is 0 Å². The highest BCUT2D eigenvalue weighted by Gasteiger charge is 2.66. The molecule has 6 aliphatic rings. The summed E-state index contributed by atoms with van der Waals surface area (Å²) < 4.78 is 0.459. The molecule has 0 bridgehead atoms. The van der Waals surface area contributed by atoms with Crippen LogP contribution >= 0.6 is 22.6 Å². The van der Waals surface area contributed by atoms with E-state index in [9.17, 15) is 74.4 Å². The molecule has 14 N–H and O–H groups in total. The number of Topliss-reactive ketones (excluding diaryl/α,β-unsaturated/α-hetero) is 4. The van der Waals surface area contributed by atoms with Crippen LogP contribution in [0.3, 0.4) is 0 Å². The molecule has 374 valence electrons. The van der Waals surface area contributed by atoms with Crippen molar-refractivity contribution < 1.29 is 74.4 Å². The SMILES string of the molecule is CN(C)c1cc(C(N)=O)c(O)c2c1C[C@H]1C[C@H]3[C@H](N(C)C)C(=O)C(C(N)=O)=C(O)[C@@]3(O)C(=O)C1=C2O.CN(C)c1cc(I)c(O)c2c1CC1CC3[C@H](N(C)C)C(=O)C(C(N)=O)=C(O)[C@@]3(O)C(=O)C1=C2O. The molecule has 2 unspecified atom stereocenters. The molecule has 2 saturated carbocycles. The van der Waals surface area contributed by atoms with Gasteiger partial charge in [0.05, 0.1) is 32.3 Å². The molecule has 8 rings (SSSR count). The molecule has 0 aliphatic heterocycles. The van der Waals surface area contributed by atoms with Gasteiger partial charge in [0.2, 0.25) is 11.6 Å². The molecule has 6 aliphatic carbocycles. The van der Waals surface area contributed by atoms with Gasteiger partial charge in [-0.15, -0.1) is 0 Å². The lowest BCUT2D eigenvalue weighted by atomic mass is 9.57. The molecule has 2 aromatic rings. The Morgan fingerprint density at radius 2 is 0.943 bits per heavy atom. The standard InChI is InChI=1S/C24H28N4O8.C23H26IN3O7/c1-27(2)12-7-10(22(25)34)17(29)14-9(12)5-8-6-11-16(28(3)4)19(31)15(23(26)35)21(33)24(11,36)20(32)13(8)18(14)30;1-26(2)12-7-11(24)17(28)14-9(12)5-8-6-10-16(27(3)4)19(30)15(22(25)33)21(32)23(10,34)20(31)13(8)18(14)29/h7-8,11,16,29-30,33,36H,5-6H2,1-4H3,(H2,25,34)(H2,26,35);7-8,10,16,28-29,32,34H,5-6H2,1-4H3,(H2,25,33)/t8-,11-,16-,24-;8?,10?,16-,23-/m00/s1. The van der Waals surface area contributed by atoms with E-state index in [1.165, 1.54) is 30.0 Å². The molecule has 0 aromatic heterocycles. The molecule has 0 heterocycles. The number of amides is 3. The normalized spacial score (nSPS) is 28.1. The molecular formula is C47H54IN7O15. The van der Waals surface area contributed by atoms with E-state index in [-0.39, 0.29) is 59.3 Å². The van der Waals surface area contributed by atoms with Gasteiger partial charge in [-0.25, -0.2) is 0 Å². The predicted octanol–water partition coefficient (Wildman–Crippen LogP) is -0.236. The van der Waals surface area contributed by atoms with Crippen molar-refractivity contribution in [1.29, 1.82) is 0 Å². The maximum Gasteiger partial charge on any atom is 0.255 e. The number of rotatable bonds is 7. The Balaban J connectivity index is 0.000000207. The Hall–Kier alpha value is -6.54. The number of likely N-dealkylation sites (N-methyl/N-ethyl adjacent to an activating group) is 2. The molecule has 0 saturated heterocycles. The number of nitrogens with two attached hydrogens (primary N) is 3. The number of phenolic OH excluding ortho intramolecular Hbond substituents is 1. The predicted molar refractivity (Wildman–Crippen MR) is 258 cm³/mol. The third-order valence-corrected chi connectivity index (χ3v) is 15.4. The number of hydrogen-bond acceptors (Lipinski definition) is 19. The summed E-state index contributed by atoms with van der Waals surface area (Å²) in [6.07, 6.45) is 0.392. The number of halogens is 1. The average molecular weight is 1080 g/mol. The summed E-state index contributed by atoms with van der Waals surface area (Å²) in [4.78, 5) is 96.2. The second kappa shape index (κ2) is 17.4. The minimum atomic E-state index is -2.73. The summed E-state index contributed by atoms with van der Waals surface area (Å²) in [6.45, 7) is 0. The first-order valence-electron chi connectivity index (χ1n) is 21.8. The van der Waals surface area contributed by atoms with Gasteiger partial charge in [0, 0.05) is 62.5 Å². The fourth-order valence-corrected chi connectivity index (χ4v) is 12.1. The van der Waals surface area contributed by atoms with Crippen molar-refractivity contribution in [3.63, 3.8) is 0 Å². The summed E-state index contributed by atoms with van der Waals surface area (Å²) in [5, 5.41) is 88.9. The Bertz CT molecular complexity index is 2920. The quantitative estimate of drug-likeness (QED) is 0.126. The molecule has 2 fully saturated rings. The summed E-state index contributed by atoms with van der Waals surface area (Å²) in [5.74, 6) is -15.1. The van der Waals surface area contributed by atoms with Crippen LogP contribution in [0.2, 0.25) is 0 Å². The summed E-state index contributed by atoms with van der Waals surface area (Å²) in [7, 11) is 13.2. The number of benzene rings is 2. The van der Waals surface area contributed by atoms with E-state index in [1.807, 2.05) is 41.6 Å². The maximum absolute atomic E-state index is 13.8. The number of phenols is 2. The van der Waals surface area contributed by atoms with Crippen LogP contribution in [-0.4, -0.2) is 171 Å². The van der Waals surface area contributed by atoms with Crippen LogP contribution in [0.15, 0.2) is 45.9 Å². The zero-order valence-corrected chi connectivity index (χ0v) is 41.4. The monoisotopic (exact) mass is 1080 g/mol. The number of carbonyl (C=O) groups is 7. The minimum Gasteiger partial charge on any atom is -0.508 e. The molecule has 0 spiro atoms. The van der Waals surface area contributed by atoms with Gasteiger partial charge in [0.25, 0.3) is 17.7 Å². The largest absolute Gasteiger partial charge is 0.508 e. The number of primary amides is 3. The number of fused-ring (bicyclic) bond motifs is 6. The van der Waals surface area contributed by atoms with Crippen LogP contribution in [-0.2, 0) is 41.6 Å². The maximum atomic E-state index is 13.8. The highest BCUT2D eigenvalue weighted by Crippen LogP contribution is 2.56. The number of hydrogen-bond donors (Lipinski definition) is 11. The fourth-order valence-electron chi connectivity index (χ4n) is 11.5. The number of aliphatic hydroxyl groups excluding tert-OH is 4. The van der Waals surface area contributed by atoms with Crippen LogP contribution in [0.1, 0.15) is 45.5 Å². The van der Waals surface area contributed by atoms with Gasteiger partial charge in [0.1, 0.15) is 45.7 Å². The van der Waals surface area contributed by atoms with Crippen molar-refractivity contribution >= 4 is 86.3 Å². The van der Waals surface area contributed by atoms with Crippen molar-refractivity contribution in [1.82, 2.24) is 9.80 Å². The van der Waals surface area contributed by atoms with Gasteiger partial charge in [-0.2, -0.15) is 0 Å². The number of aliphatic hydroxyl groups is 6. The van der Waals surface area contributed by atoms with E-state index in [1.54, 1.807) is 39.2 Å². The molecule has 22 nitrogen and oxygen atoms in total. The Morgan fingerprint density at radius 1 is 0.586 bits per heavy atom. The van der Waals surface area contributed by atoms with Crippen LogP contribution in [0.4, 0.5) is 11.4 Å². The van der Waals surface area contributed by atoms with E-state index in [4.69, 9.17) is 17.2 Å². The molecular weight excluding hydrogens is 1030 g/mol. The Kier molecular flexibility index (Phi) is 12.8.